The number of carbonyl (C=O) groups is 1. The minimum absolute atomic E-state index is 0.0973. The second-order valence-corrected chi connectivity index (χ2v) is 4.10. The molecular weight excluding hydrogens is 230 g/mol. The third-order valence-corrected chi connectivity index (χ3v) is 2.83. The number of ether oxygens (including phenoxy) is 1. The maximum absolute atomic E-state index is 11.8. The Labute approximate surface area is 110 Å². The average Bonchev–Trinajstić information content (AvgIpc) is 2.39. The van der Waals surface area contributed by atoms with Crippen molar-refractivity contribution in [2.75, 3.05) is 46.4 Å². The molecule has 0 saturated carbocycles. The summed E-state index contributed by atoms with van der Waals surface area (Å²) in [6.45, 7) is 8.54. The largest absolute Gasteiger partial charge is 0.380 e. The molecule has 0 fully saturated rings. The number of nitriles is 1. The minimum atomic E-state index is 0.0973. The first-order valence-electron chi connectivity index (χ1n) is 6.56. The Bertz CT molecular complexity index is 263. The number of likely N-dealkylation sites (N-methyl/N-ethyl adjacent to an activating group) is 1. The highest BCUT2D eigenvalue weighted by molar-refractivity contribution is 5.76. The lowest BCUT2D eigenvalue weighted by Gasteiger charge is -2.22. The molecule has 0 N–H and O–H groups in total. The Hall–Kier alpha value is -1.12. The smallest absolute Gasteiger partial charge is 0.223 e. The van der Waals surface area contributed by atoms with Crippen LogP contribution in [0.4, 0.5) is 0 Å². The Morgan fingerprint density at radius 2 is 2.00 bits per heavy atom. The highest BCUT2D eigenvalue weighted by atomic mass is 16.5. The van der Waals surface area contributed by atoms with E-state index >= 15 is 0 Å². The fourth-order valence-electron chi connectivity index (χ4n) is 1.55. The van der Waals surface area contributed by atoms with Gasteiger partial charge in [0.1, 0.15) is 0 Å². The summed E-state index contributed by atoms with van der Waals surface area (Å²) < 4.78 is 5.30. The standard InChI is InChI=1S/C13H25N3O2/c1-4-16(11-12-18-5-2)10-7-13(17)15(3)9-6-8-14/h4-7,9-12H2,1-3H3. The second-order valence-electron chi connectivity index (χ2n) is 4.10. The van der Waals surface area contributed by atoms with E-state index in [1.807, 2.05) is 13.0 Å². The van der Waals surface area contributed by atoms with E-state index in [9.17, 15) is 4.79 Å². The van der Waals surface area contributed by atoms with Crippen LogP contribution in [0.2, 0.25) is 0 Å². The number of rotatable bonds is 10. The maximum Gasteiger partial charge on any atom is 0.223 e. The summed E-state index contributed by atoms with van der Waals surface area (Å²) >= 11 is 0. The van der Waals surface area contributed by atoms with Gasteiger partial charge in [-0.2, -0.15) is 5.26 Å². The van der Waals surface area contributed by atoms with Crippen molar-refractivity contribution in [1.29, 1.82) is 5.26 Å². The monoisotopic (exact) mass is 255 g/mol. The van der Waals surface area contributed by atoms with Crippen LogP contribution >= 0.6 is 0 Å². The molecule has 0 radical (unpaired) electrons. The van der Waals surface area contributed by atoms with Gasteiger partial charge in [-0.3, -0.25) is 4.79 Å². The van der Waals surface area contributed by atoms with Crippen LogP contribution in [0, 0.1) is 11.3 Å². The highest BCUT2D eigenvalue weighted by Crippen LogP contribution is 1.97. The van der Waals surface area contributed by atoms with Crippen molar-refractivity contribution in [2.45, 2.75) is 26.7 Å². The van der Waals surface area contributed by atoms with Gasteiger partial charge in [0.2, 0.25) is 5.91 Å². The molecule has 0 aliphatic carbocycles. The van der Waals surface area contributed by atoms with E-state index in [2.05, 4.69) is 11.8 Å². The van der Waals surface area contributed by atoms with Gasteiger partial charge in [-0.05, 0) is 13.5 Å². The number of hydrogen-bond donors (Lipinski definition) is 0. The molecule has 0 spiro atoms. The molecule has 0 aromatic carbocycles. The van der Waals surface area contributed by atoms with Gasteiger partial charge in [0.15, 0.2) is 0 Å². The summed E-state index contributed by atoms with van der Waals surface area (Å²) in [5.74, 6) is 0.0973. The first-order valence-corrected chi connectivity index (χ1v) is 6.56. The first-order chi connectivity index (χ1) is 8.65. The SMILES string of the molecule is CCOCCN(CC)CCC(=O)N(C)CCC#N. The predicted molar refractivity (Wildman–Crippen MR) is 71.1 cm³/mol. The summed E-state index contributed by atoms with van der Waals surface area (Å²) in [5, 5.41) is 8.46. The van der Waals surface area contributed by atoms with E-state index in [-0.39, 0.29) is 5.91 Å². The molecule has 1 amide bonds. The third-order valence-electron chi connectivity index (χ3n) is 2.83. The Morgan fingerprint density at radius 1 is 1.28 bits per heavy atom. The number of carbonyl (C=O) groups excluding carboxylic acids is 1. The van der Waals surface area contributed by atoms with E-state index in [1.165, 1.54) is 0 Å². The quantitative estimate of drug-likeness (QED) is 0.549. The van der Waals surface area contributed by atoms with Crippen LogP contribution in [0.15, 0.2) is 0 Å². The van der Waals surface area contributed by atoms with E-state index in [4.69, 9.17) is 10.00 Å². The Kier molecular flexibility index (Phi) is 10.3. The zero-order valence-corrected chi connectivity index (χ0v) is 11.8. The molecule has 104 valence electrons. The molecule has 0 heterocycles. The molecule has 0 aromatic rings. The Morgan fingerprint density at radius 3 is 2.56 bits per heavy atom. The molecule has 0 saturated heterocycles. The first kappa shape index (κ1) is 16.9. The number of nitrogens with zero attached hydrogens (tertiary/aromatic N) is 3. The van der Waals surface area contributed by atoms with Crippen molar-refractivity contribution in [3.05, 3.63) is 0 Å². The lowest BCUT2D eigenvalue weighted by Crippen LogP contribution is -2.34. The van der Waals surface area contributed by atoms with Gasteiger partial charge in [0, 0.05) is 39.7 Å². The van der Waals surface area contributed by atoms with Gasteiger partial charge < -0.3 is 14.5 Å². The molecule has 5 nitrogen and oxygen atoms in total. The van der Waals surface area contributed by atoms with Gasteiger partial charge in [0.25, 0.3) is 0 Å². The zero-order valence-electron chi connectivity index (χ0n) is 11.8. The summed E-state index contributed by atoms with van der Waals surface area (Å²) in [7, 11) is 1.75. The van der Waals surface area contributed by atoms with E-state index in [0.29, 0.717) is 26.0 Å². The van der Waals surface area contributed by atoms with E-state index in [0.717, 1.165) is 26.2 Å². The molecular formula is C13H25N3O2. The van der Waals surface area contributed by atoms with Gasteiger partial charge in [0.05, 0.1) is 19.1 Å². The van der Waals surface area contributed by atoms with Crippen molar-refractivity contribution in [3.8, 4) is 6.07 Å². The van der Waals surface area contributed by atoms with Crippen molar-refractivity contribution >= 4 is 5.91 Å². The lowest BCUT2D eigenvalue weighted by molar-refractivity contribution is -0.130. The van der Waals surface area contributed by atoms with E-state index in [1.54, 1.807) is 11.9 Å². The maximum atomic E-state index is 11.8. The van der Waals surface area contributed by atoms with Gasteiger partial charge in [-0.1, -0.05) is 6.92 Å². The molecule has 0 rings (SSSR count). The molecule has 0 atom stereocenters. The van der Waals surface area contributed by atoms with Crippen LogP contribution in [0.5, 0.6) is 0 Å². The van der Waals surface area contributed by atoms with Gasteiger partial charge in [-0.25, -0.2) is 0 Å². The average molecular weight is 255 g/mol. The second kappa shape index (κ2) is 11.0. The molecule has 0 unspecified atom stereocenters. The number of hydrogen-bond acceptors (Lipinski definition) is 4. The van der Waals surface area contributed by atoms with E-state index < -0.39 is 0 Å². The molecule has 0 bridgehead atoms. The summed E-state index contributed by atoms with van der Waals surface area (Å²) in [5.41, 5.74) is 0. The fourth-order valence-corrected chi connectivity index (χ4v) is 1.55. The van der Waals surface area contributed by atoms with Gasteiger partial charge >= 0.3 is 0 Å². The van der Waals surface area contributed by atoms with Crippen LogP contribution in [0.1, 0.15) is 26.7 Å². The lowest BCUT2D eigenvalue weighted by atomic mass is 10.3. The van der Waals surface area contributed by atoms with Crippen LogP contribution in [-0.4, -0.2) is 62.1 Å². The van der Waals surface area contributed by atoms with Crippen molar-refractivity contribution < 1.29 is 9.53 Å². The normalized spacial score (nSPS) is 10.4. The van der Waals surface area contributed by atoms with Crippen LogP contribution in [0.25, 0.3) is 0 Å². The van der Waals surface area contributed by atoms with Crippen molar-refractivity contribution in [2.24, 2.45) is 0 Å². The molecule has 0 aliphatic rings. The number of amides is 1. The minimum Gasteiger partial charge on any atom is -0.380 e. The van der Waals surface area contributed by atoms with Crippen molar-refractivity contribution in [3.63, 3.8) is 0 Å². The third kappa shape index (κ3) is 8.04. The summed E-state index contributed by atoms with van der Waals surface area (Å²) in [6.07, 6.45) is 0.895. The molecule has 5 heteroatoms. The van der Waals surface area contributed by atoms with Crippen LogP contribution in [-0.2, 0) is 9.53 Å². The fraction of sp³-hybridized carbons (Fsp3) is 0.846. The van der Waals surface area contributed by atoms with Crippen LogP contribution in [0.3, 0.4) is 0 Å². The zero-order chi connectivity index (χ0) is 13.8. The van der Waals surface area contributed by atoms with Gasteiger partial charge in [-0.15, -0.1) is 0 Å². The summed E-state index contributed by atoms with van der Waals surface area (Å²) in [6, 6.07) is 2.04. The van der Waals surface area contributed by atoms with Crippen LogP contribution < -0.4 is 0 Å². The Balaban J connectivity index is 3.82. The predicted octanol–water partition coefficient (Wildman–Crippen LogP) is 1.11. The molecule has 0 aliphatic heterocycles. The summed E-state index contributed by atoms with van der Waals surface area (Å²) in [4.78, 5) is 15.6. The highest BCUT2D eigenvalue weighted by Gasteiger charge is 2.10. The topological polar surface area (TPSA) is 56.6 Å². The molecule has 0 aromatic heterocycles. The van der Waals surface area contributed by atoms with Crippen molar-refractivity contribution in [1.82, 2.24) is 9.80 Å². The molecule has 18 heavy (non-hydrogen) atoms.